The monoisotopic (exact) mass is 350 g/mol. The maximum Gasteiger partial charge on any atom is 0.445 e. The van der Waals surface area contributed by atoms with Crippen LogP contribution < -0.4 is 0 Å². The van der Waals surface area contributed by atoms with Crippen LogP contribution in [-0.4, -0.2) is 10.2 Å². The Morgan fingerprint density at radius 2 is 1.74 bits per heavy atom. The van der Waals surface area contributed by atoms with E-state index in [1.165, 1.54) is 22.9 Å². The standard InChI is InChI=1S/C16H9F3N2S2/c17-16(18,19)14-20-21-15(23-14)22-13-7-3-6-11-10-5-2-1-4-9(10)8-12(11)13/h1-7H,8H2. The summed E-state index contributed by atoms with van der Waals surface area (Å²) in [5.74, 6) is 0. The van der Waals surface area contributed by atoms with Crippen molar-refractivity contribution in [2.45, 2.75) is 21.8 Å². The summed E-state index contributed by atoms with van der Waals surface area (Å²) < 4.78 is 38.2. The van der Waals surface area contributed by atoms with Gasteiger partial charge in [0, 0.05) is 4.90 Å². The highest BCUT2D eigenvalue weighted by molar-refractivity contribution is 8.01. The van der Waals surface area contributed by atoms with E-state index in [1.54, 1.807) is 0 Å². The van der Waals surface area contributed by atoms with Crippen molar-refractivity contribution in [1.29, 1.82) is 0 Å². The second-order valence-corrected chi connectivity index (χ2v) is 7.36. The Balaban J connectivity index is 1.69. The molecule has 1 aliphatic rings. The fourth-order valence-electron chi connectivity index (χ4n) is 2.68. The lowest BCUT2D eigenvalue weighted by Crippen LogP contribution is -2.03. The molecule has 0 unspecified atom stereocenters. The van der Waals surface area contributed by atoms with Crippen molar-refractivity contribution in [3.63, 3.8) is 0 Å². The van der Waals surface area contributed by atoms with Gasteiger partial charge in [-0.05, 0) is 34.7 Å². The Labute approximate surface area is 138 Å². The van der Waals surface area contributed by atoms with E-state index in [1.807, 2.05) is 30.3 Å². The molecule has 0 atom stereocenters. The SMILES string of the molecule is FC(F)(F)c1nnc(Sc2cccc3c2Cc2ccccc2-3)s1. The number of halogens is 3. The first kappa shape index (κ1) is 14.7. The Bertz CT molecular complexity index is 887. The Morgan fingerprint density at radius 3 is 2.52 bits per heavy atom. The Morgan fingerprint density at radius 1 is 0.957 bits per heavy atom. The van der Waals surface area contributed by atoms with Crippen molar-refractivity contribution in [3.8, 4) is 11.1 Å². The van der Waals surface area contributed by atoms with Gasteiger partial charge in [0.05, 0.1) is 0 Å². The van der Waals surface area contributed by atoms with Gasteiger partial charge < -0.3 is 0 Å². The lowest BCUT2D eigenvalue weighted by atomic mass is 10.1. The molecule has 0 fully saturated rings. The molecule has 7 heteroatoms. The molecule has 3 aromatic rings. The third kappa shape index (κ3) is 2.64. The highest BCUT2D eigenvalue weighted by atomic mass is 32.2. The first-order valence-corrected chi connectivity index (χ1v) is 8.44. The highest BCUT2D eigenvalue weighted by Crippen LogP contribution is 2.44. The van der Waals surface area contributed by atoms with E-state index in [4.69, 9.17) is 0 Å². The lowest BCUT2D eigenvalue weighted by molar-refractivity contribution is -0.138. The van der Waals surface area contributed by atoms with Crippen molar-refractivity contribution in [2.24, 2.45) is 0 Å². The molecule has 1 heterocycles. The van der Waals surface area contributed by atoms with Gasteiger partial charge in [-0.15, -0.1) is 10.2 Å². The summed E-state index contributed by atoms with van der Waals surface area (Å²) in [5, 5.41) is 6.00. The molecule has 0 radical (unpaired) electrons. The molecule has 0 saturated carbocycles. The molecule has 0 bridgehead atoms. The molecule has 0 amide bonds. The van der Waals surface area contributed by atoms with Gasteiger partial charge in [-0.25, -0.2) is 0 Å². The van der Waals surface area contributed by atoms with Crippen LogP contribution in [-0.2, 0) is 12.6 Å². The Kier molecular flexibility index (Phi) is 3.42. The number of aromatic nitrogens is 2. The van der Waals surface area contributed by atoms with Crippen LogP contribution in [0.4, 0.5) is 13.2 Å². The topological polar surface area (TPSA) is 25.8 Å². The van der Waals surface area contributed by atoms with E-state index >= 15 is 0 Å². The third-order valence-electron chi connectivity index (χ3n) is 3.65. The van der Waals surface area contributed by atoms with Gasteiger partial charge >= 0.3 is 6.18 Å². The van der Waals surface area contributed by atoms with Crippen molar-refractivity contribution < 1.29 is 13.2 Å². The molecule has 0 spiro atoms. The third-order valence-corrected chi connectivity index (χ3v) is 5.78. The highest BCUT2D eigenvalue weighted by Gasteiger charge is 2.35. The second-order valence-electron chi connectivity index (χ2n) is 5.09. The van der Waals surface area contributed by atoms with Crippen molar-refractivity contribution in [3.05, 3.63) is 58.6 Å². The first-order chi connectivity index (χ1) is 11.0. The number of alkyl halides is 3. The molecule has 0 saturated heterocycles. The Hall–Kier alpha value is -1.86. The smallest absolute Gasteiger partial charge is 0.164 e. The van der Waals surface area contributed by atoms with E-state index in [0.29, 0.717) is 15.7 Å². The minimum Gasteiger partial charge on any atom is -0.164 e. The summed E-state index contributed by atoms with van der Waals surface area (Å²) in [7, 11) is 0. The molecule has 2 nitrogen and oxygen atoms in total. The average molecular weight is 350 g/mol. The van der Waals surface area contributed by atoms with Gasteiger partial charge in [0.15, 0.2) is 4.34 Å². The summed E-state index contributed by atoms with van der Waals surface area (Å²) in [6, 6.07) is 14.0. The van der Waals surface area contributed by atoms with Crippen LogP contribution in [0.25, 0.3) is 11.1 Å². The zero-order chi connectivity index (χ0) is 16.0. The predicted molar refractivity (Wildman–Crippen MR) is 83.7 cm³/mol. The molecule has 2 aromatic carbocycles. The van der Waals surface area contributed by atoms with E-state index in [2.05, 4.69) is 22.3 Å². The fraction of sp³-hybridized carbons (Fsp3) is 0.125. The van der Waals surface area contributed by atoms with E-state index in [-0.39, 0.29) is 0 Å². The van der Waals surface area contributed by atoms with Crippen LogP contribution in [0.3, 0.4) is 0 Å². The summed E-state index contributed by atoms with van der Waals surface area (Å²) in [5.41, 5.74) is 4.72. The van der Waals surface area contributed by atoms with Crippen LogP contribution in [0.15, 0.2) is 51.7 Å². The molecule has 4 rings (SSSR count). The van der Waals surface area contributed by atoms with Crippen LogP contribution >= 0.6 is 23.1 Å². The summed E-state index contributed by atoms with van der Waals surface area (Å²) >= 11 is 1.83. The summed E-state index contributed by atoms with van der Waals surface area (Å²) in [6.07, 6.45) is -3.65. The van der Waals surface area contributed by atoms with Crippen LogP contribution in [0.1, 0.15) is 16.1 Å². The molecule has 23 heavy (non-hydrogen) atoms. The number of fused-ring (bicyclic) bond motifs is 3. The van der Waals surface area contributed by atoms with Gasteiger partial charge in [-0.3, -0.25) is 0 Å². The first-order valence-electron chi connectivity index (χ1n) is 6.81. The van der Waals surface area contributed by atoms with Crippen molar-refractivity contribution in [2.75, 3.05) is 0 Å². The molecular formula is C16H9F3N2S2. The summed E-state index contributed by atoms with van der Waals surface area (Å²) in [4.78, 5) is 0.934. The average Bonchev–Trinajstić information content (AvgIpc) is 3.12. The van der Waals surface area contributed by atoms with E-state index in [9.17, 15) is 13.2 Å². The number of benzene rings is 2. The number of hydrogen-bond acceptors (Lipinski definition) is 4. The maximum atomic E-state index is 12.6. The minimum atomic E-state index is -4.44. The van der Waals surface area contributed by atoms with Crippen molar-refractivity contribution in [1.82, 2.24) is 10.2 Å². The van der Waals surface area contributed by atoms with Gasteiger partial charge in [-0.1, -0.05) is 59.5 Å². The fourth-order valence-corrected chi connectivity index (χ4v) is 4.52. The second kappa shape index (κ2) is 5.35. The number of rotatable bonds is 2. The largest absolute Gasteiger partial charge is 0.445 e. The van der Waals surface area contributed by atoms with Gasteiger partial charge in [0.1, 0.15) is 0 Å². The molecule has 116 valence electrons. The quantitative estimate of drug-likeness (QED) is 0.492. The predicted octanol–water partition coefficient (Wildman–Crippen LogP) is 5.28. The zero-order valence-corrected chi connectivity index (χ0v) is 13.2. The summed E-state index contributed by atoms with van der Waals surface area (Å²) in [6.45, 7) is 0. The molecular weight excluding hydrogens is 341 g/mol. The van der Waals surface area contributed by atoms with E-state index < -0.39 is 11.2 Å². The molecule has 1 aromatic heterocycles. The molecule has 0 N–H and O–H groups in total. The number of nitrogens with zero attached hydrogens (tertiary/aromatic N) is 2. The molecule has 0 aliphatic heterocycles. The maximum absolute atomic E-state index is 12.6. The van der Waals surface area contributed by atoms with E-state index in [0.717, 1.165) is 22.4 Å². The van der Waals surface area contributed by atoms with Gasteiger partial charge in [0.2, 0.25) is 5.01 Å². The minimum absolute atomic E-state index is 0.307. The molecule has 1 aliphatic carbocycles. The lowest BCUT2D eigenvalue weighted by Gasteiger charge is -2.05. The number of hydrogen-bond donors (Lipinski definition) is 0. The van der Waals surface area contributed by atoms with Crippen LogP contribution in [0.5, 0.6) is 0 Å². The van der Waals surface area contributed by atoms with Gasteiger partial charge in [0.25, 0.3) is 0 Å². The normalized spacial score (nSPS) is 13.0. The van der Waals surface area contributed by atoms with Crippen LogP contribution in [0, 0.1) is 0 Å². The zero-order valence-electron chi connectivity index (χ0n) is 11.6. The van der Waals surface area contributed by atoms with Gasteiger partial charge in [-0.2, -0.15) is 13.2 Å². The van der Waals surface area contributed by atoms with Crippen molar-refractivity contribution >= 4 is 23.1 Å². The van der Waals surface area contributed by atoms with Crippen LogP contribution in [0.2, 0.25) is 0 Å².